The number of hydrazine groups is 1. The Morgan fingerprint density at radius 2 is 2.25 bits per heavy atom. The summed E-state index contributed by atoms with van der Waals surface area (Å²) in [4.78, 5) is 19.3. The minimum absolute atomic E-state index is 0.0143. The standard InChI is InChI=1S/C12H20N6O2/c1-9-8-16(2)6-3-7-17(9)12-10(18(19)20)4-5-11(14-12)15-13/h4-5,9H,3,6-8,13H2,1-2H3,(H,14,15). The summed E-state index contributed by atoms with van der Waals surface area (Å²) in [5.41, 5.74) is 2.46. The van der Waals surface area contributed by atoms with E-state index in [2.05, 4.69) is 29.3 Å². The van der Waals surface area contributed by atoms with Crippen molar-refractivity contribution in [2.45, 2.75) is 19.4 Å². The average molecular weight is 280 g/mol. The molecule has 0 aromatic carbocycles. The molecule has 0 amide bonds. The van der Waals surface area contributed by atoms with Crippen LogP contribution < -0.4 is 16.2 Å². The van der Waals surface area contributed by atoms with Crippen LogP contribution in [-0.4, -0.2) is 47.5 Å². The van der Waals surface area contributed by atoms with Gasteiger partial charge in [0.25, 0.3) is 0 Å². The SMILES string of the molecule is CC1CN(C)CCCN1c1nc(NN)ccc1[N+](=O)[O-]. The second-order valence-corrected chi connectivity index (χ2v) is 5.10. The number of rotatable bonds is 3. The molecule has 2 heterocycles. The lowest BCUT2D eigenvalue weighted by molar-refractivity contribution is -0.384. The molecule has 1 aromatic heterocycles. The molecule has 2 rings (SSSR count). The van der Waals surface area contributed by atoms with Gasteiger partial charge in [0.05, 0.1) is 4.92 Å². The molecule has 0 bridgehead atoms. The van der Waals surface area contributed by atoms with Crippen LogP contribution in [-0.2, 0) is 0 Å². The van der Waals surface area contributed by atoms with Crippen LogP contribution in [0.3, 0.4) is 0 Å². The zero-order chi connectivity index (χ0) is 14.7. The van der Waals surface area contributed by atoms with E-state index in [1.54, 1.807) is 0 Å². The van der Waals surface area contributed by atoms with E-state index >= 15 is 0 Å². The third kappa shape index (κ3) is 2.97. The van der Waals surface area contributed by atoms with Crippen LogP contribution in [0.5, 0.6) is 0 Å². The first-order valence-corrected chi connectivity index (χ1v) is 6.60. The van der Waals surface area contributed by atoms with Crippen molar-refractivity contribution in [1.82, 2.24) is 9.88 Å². The van der Waals surface area contributed by atoms with Crippen molar-refractivity contribution in [1.29, 1.82) is 0 Å². The van der Waals surface area contributed by atoms with Crippen LogP contribution >= 0.6 is 0 Å². The van der Waals surface area contributed by atoms with Crippen molar-refractivity contribution in [3.63, 3.8) is 0 Å². The van der Waals surface area contributed by atoms with Gasteiger partial charge in [-0.1, -0.05) is 0 Å². The second kappa shape index (κ2) is 6.02. The van der Waals surface area contributed by atoms with Gasteiger partial charge in [-0.25, -0.2) is 10.8 Å². The highest BCUT2D eigenvalue weighted by Gasteiger charge is 2.27. The van der Waals surface area contributed by atoms with E-state index < -0.39 is 4.92 Å². The first kappa shape index (κ1) is 14.5. The highest BCUT2D eigenvalue weighted by atomic mass is 16.6. The first-order chi connectivity index (χ1) is 9.52. The van der Waals surface area contributed by atoms with Gasteiger partial charge < -0.3 is 15.2 Å². The van der Waals surface area contributed by atoms with Crippen molar-refractivity contribution in [3.05, 3.63) is 22.2 Å². The average Bonchev–Trinajstić information content (AvgIpc) is 2.58. The summed E-state index contributed by atoms with van der Waals surface area (Å²) >= 11 is 0. The van der Waals surface area contributed by atoms with E-state index in [0.29, 0.717) is 11.6 Å². The minimum Gasteiger partial charge on any atom is -0.347 e. The number of nitrogens with one attached hydrogen (secondary N) is 1. The molecule has 1 fully saturated rings. The fourth-order valence-electron chi connectivity index (χ4n) is 2.56. The fraction of sp³-hybridized carbons (Fsp3) is 0.583. The second-order valence-electron chi connectivity index (χ2n) is 5.10. The van der Waals surface area contributed by atoms with E-state index in [9.17, 15) is 10.1 Å². The van der Waals surface area contributed by atoms with Gasteiger partial charge >= 0.3 is 5.69 Å². The molecule has 1 saturated heterocycles. The summed E-state index contributed by atoms with van der Waals surface area (Å²) in [6.45, 7) is 4.62. The number of aromatic nitrogens is 1. The Bertz CT molecular complexity index is 495. The first-order valence-electron chi connectivity index (χ1n) is 6.60. The Morgan fingerprint density at radius 1 is 1.50 bits per heavy atom. The summed E-state index contributed by atoms with van der Waals surface area (Å²) in [5.74, 6) is 6.16. The van der Waals surface area contributed by atoms with Crippen LogP contribution in [0.25, 0.3) is 0 Å². The van der Waals surface area contributed by atoms with Gasteiger partial charge in [-0.05, 0) is 33.0 Å². The molecule has 20 heavy (non-hydrogen) atoms. The molecular weight excluding hydrogens is 260 g/mol. The molecule has 8 heteroatoms. The molecule has 1 unspecified atom stereocenters. The quantitative estimate of drug-likeness (QED) is 0.480. The van der Waals surface area contributed by atoms with Crippen molar-refractivity contribution < 1.29 is 4.92 Å². The highest BCUT2D eigenvalue weighted by molar-refractivity contribution is 5.62. The smallest absolute Gasteiger partial charge is 0.311 e. The van der Waals surface area contributed by atoms with Crippen LogP contribution in [0.2, 0.25) is 0 Å². The van der Waals surface area contributed by atoms with Crippen LogP contribution in [0.1, 0.15) is 13.3 Å². The van der Waals surface area contributed by atoms with Gasteiger partial charge in [0, 0.05) is 25.2 Å². The molecule has 1 aromatic rings. The molecule has 1 aliphatic rings. The lowest BCUT2D eigenvalue weighted by Gasteiger charge is -2.28. The molecular formula is C12H20N6O2. The van der Waals surface area contributed by atoms with E-state index in [1.165, 1.54) is 12.1 Å². The molecule has 0 aliphatic carbocycles. The highest BCUT2D eigenvalue weighted by Crippen LogP contribution is 2.30. The summed E-state index contributed by atoms with van der Waals surface area (Å²) in [6.07, 6.45) is 0.944. The number of nitrogens with zero attached hydrogens (tertiary/aromatic N) is 4. The maximum absolute atomic E-state index is 11.2. The topological polar surface area (TPSA) is 101 Å². The van der Waals surface area contributed by atoms with Gasteiger partial charge in [-0.15, -0.1) is 0 Å². The number of nitrogens with two attached hydrogens (primary N) is 1. The number of anilines is 2. The van der Waals surface area contributed by atoms with Crippen LogP contribution in [0.4, 0.5) is 17.3 Å². The van der Waals surface area contributed by atoms with Crippen molar-refractivity contribution in [3.8, 4) is 0 Å². The van der Waals surface area contributed by atoms with Gasteiger partial charge in [-0.3, -0.25) is 10.1 Å². The van der Waals surface area contributed by atoms with Gasteiger partial charge in [0.2, 0.25) is 5.82 Å². The lowest BCUT2D eigenvalue weighted by Crippen LogP contribution is -2.38. The number of hydrogen-bond donors (Lipinski definition) is 2. The molecule has 8 nitrogen and oxygen atoms in total. The predicted molar refractivity (Wildman–Crippen MR) is 77.6 cm³/mol. The van der Waals surface area contributed by atoms with Crippen LogP contribution in [0.15, 0.2) is 12.1 Å². The zero-order valence-electron chi connectivity index (χ0n) is 11.7. The van der Waals surface area contributed by atoms with E-state index in [1.807, 2.05) is 4.90 Å². The van der Waals surface area contributed by atoms with Gasteiger partial charge in [0.15, 0.2) is 0 Å². The molecule has 1 aliphatic heterocycles. The Balaban J connectivity index is 2.40. The predicted octanol–water partition coefficient (Wildman–Crippen LogP) is 0.806. The summed E-state index contributed by atoms with van der Waals surface area (Å²) in [5, 5.41) is 11.2. The number of hydrogen-bond acceptors (Lipinski definition) is 7. The van der Waals surface area contributed by atoms with Crippen molar-refractivity contribution in [2.75, 3.05) is 37.0 Å². The molecule has 3 N–H and O–H groups in total. The third-order valence-corrected chi connectivity index (χ3v) is 3.52. The molecule has 1 atom stereocenters. The number of likely N-dealkylation sites (N-methyl/N-ethyl adjacent to an activating group) is 1. The Labute approximate surface area is 117 Å². The Hall–Kier alpha value is -1.93. The van der Waals surface area contributed by atoms with E-state index in [4.69, 9.17) is 5.84 Å². The zero-order valence-corrected chi connectivity index (χ0v) is 11.7. The number of nitro groups is 1. The third-order valence-electron chi connectivity index (χ3n) is 3.52. The van der Waals surface area contributed by atoms with Crippen molar-refractivity contribution >= 4 is 17.3 Å². The summed E-state index contributed by atoms with van der Waals surface area (Å²) in [7, 11) is 2.06. The normalized spacial score (nSPS) is 20.6. The van der Waals surface area contributed by atoms with E-state index in [-0.39, 0.29) is 11.7 Å². The van der Waals surface area contributed by atoms with Gasteiger partial charge in [-0.2, -0.15) is 0 Å². The Morgan fingerprint density at radius 3 is 2.90 bits per heavy atom. The number of nitrogen functional groups attached to an aromatic ring is 1. The number of pyridine rings is 1. The lowest BCUT2D eigenvalue weighted by atomic mass is 10.2. The molecule has 0 spiro atoms. The van der Waals surface area contributed by atoms with Crippen molar-refractivity contribution in [2.24, 2.45) is 5.84 Å². The minimum atomic E-state index is -0.399. The maximum atomic E-state index is 11.2. The Kier molecular flexibility index (Phi) is 4.35. The monoisotopic (exact) mass is 280 g/mol. The van der Waals surface area contributed by atoms with Crippen LogP contribution in [0, 0.1) is 10.1 Å². The van der Waals surface area contributed by atoms with Gasteiger partial charge in [0.1, 0.15) is 5.82 Å². The fourth-order valence-corrected chi connectivity index (χ4v) is 2.56. The molecule has 0 radical (unpaired) electrons. The summed E-state index contributed by atoms with van der Waals surface area (Å²) < 4.78 is 0. The largest absolute Gasteiger partial charge is 0.347 e. The maximum Gasteiger partial charge on any atom is 0.311 e. The molecule has 110 valence electrons. The van der Waals surface area contributed by atoms with E-state index in [0.717, 1.165) is 26.1 Å². The summed E-state index contributed by atoms with van der Waals surface area (Å²) in [6, 6.07) is 3.11. The molecule has 0 saturated carbocycles.